The quantitative estimate of drug-likeness (QED) is 0.401. The van der Waals surface area contributed by atoms with Crippen LogP contribution in [-0.4, -0.2) is 21.8 Å². The Hall–Kier alpha value is -3.94. The Kier molecular flexibility index (Phi) is 4.83. The lowest BCUT2D eigenvalue weighted by Crippen LogP contribution is -2.30. The van der Waals surface area contributed by atoms with Crippen LogP contribution in [0, 0.1) is 17.5 Å². The highest BCUT2D eigenvalue weighted by Gasteiger charge is 2.47. The number of carbonyl (C=O) groups is 2. The normalized spacial score (nSPS) is 18.1. The number of nitrogens with zero attached hydrogens (tertiary/aromatic N) is 2. The molecule has 1 fully saturated rings. The maximum absolute atomic E-state index is 14.5. The summed E-state index contributed by atoms with van der Waals surface area (Å²) in [5.41, 5.74) is -0.344. The highest BCUT2D eigenvalue weighted by atomic mass is 19.1. The Morgan fingerprint density at radius 2 is 1.53 bits per heavy atom. The van der Waals surface area contributed by atoms with Gasteiger partial charge in [0.2, 0.25) is 0 Å². The number of hydrogen-bond acceptors (Lipinski definition) is 4. The van der Waals surface area contributed by atoms with Gasteiger partial charge in [0.05, 0.1) is 17.3 Å². The molecule has 150 valence electrons. The molecule has 1 aromatic heterocycles. The number of aromatic nitrogens is 1. The molecule has 8 heteroatoms. The first-order valence-electron chi connectivity index (χ1n) is 8.80. The Bertz CT molecular complexity index is 1180. The molecule has 5 nitrogen and oxygen atoms in total. The first-order valence-corrected chi connectivity index (χ1v) is 8.80. The monoisotopic (exact) mass is 410 g/mol. The van der Waals surface area contributed by atoms with Crippen LogP contribution in [0.2, 0.25) is 0 Å². The molecule has 0 bridgehead atoms. The number of pyridine rings is 1. The van der Waals surface area contributed by atoms with Crippen molar-refractivity contribution in [3.8, 4) is 0 Å². The van der Waals surface area contributed by atoms with Crippen molar-refractivity contribution in [2.45, 2.75) is 6.04 Å². The van der Waals surface area contributed by atoms with Gasteiger partial charge in [0.15, 0.2) is 0 Å². The number of aliphatic hydroxyl groups excluding tert-OH is 1. The summed E-state index contributed by atoms with van der Waals surface area (Å²) in [6.45, 7) is 0. The molecule has 0 saturated carbocycles. The molecule has 2 aromatic carbocycles. The predicted octanol–water partition coefficient (Wildman–Crippen LogP) is 4.13. The first-order chi connectivity index (χ1) is 14.4. The van der Waals surface area contributed by atoms with Crippen molar-refractivity contribution in [1.82, 2.24) is 4.98 Å². The minimum Gasteiger partial charge on any atom is -0.507 e. The molecule has 1 amide bonds. The highest BCUT2D eigenvalue weighted by molar-refractivity contribution is 6.51. The summed E-state index contributed by atoms with van der Waals surface area (Å²) in [5.74, 6) is -5.05. The van der Waals surface area contributed by atoms with Crippen LogP contribution >= 0.6 is 0 Å². The largest absolute Gasteiger partial charge is 0.507 e. The van der Waals surface area contributed by atoms with Crippen molar-refractivity contribution in [3.63, 3.8) is 0 Å². The Labute approximate surface area is 168 Å². The lowest BCUT2D eigenvalue weighted by Gasteiger charge is -2.25. The van der Waals surface area contributed by atoms with E-state index < -0.39 is 46.6 Å². The fourth-order valence-electron chi connectivity index (χ4n) is 3.38. The maximum atomic E-state index is 14.5. The molecule has 3 aromatic rings. The van der Waals surface area contributed by atoms with Gasteiger partial charge in [-0.15, -0.1) is 0 Å². The van der Waals surface area contributed by atoms with Gasteiger partial charge in [0.25, 0.3) is 11.7 Å². The molecular formula is C22H13F3N2O3. The molecule has 0 spiro atoms. The number of carbonyl (C=O) groups excluding carboxylic acids is 2. The number of Topliss-reactive ketones (excluding diaryl/α,β-unsaturated/α-hetero) is 1. The number of benzene rings is 2. The van der Waals surface area contributed by atoms with Crippen LogP contribution in [0.1, 0.15) is 17.2 Å². The third-order valence-electron chi connectivity index (χ3n) is 4.75. The minimum absolute atomic E-state index is 0.0909. The van der Waals surface area contributed by atoms with Gasteiger partial charge in [-0.25, -0.2) is 13.2 Å². The Balaban J connectivity index is 1.97. The summed E-state index contributed by atoms with van der Waals surface area (Å²) in [7, 11) is 0. The number of aliphatic hydroxyl groups is 1. The fraction of sp³-hybridized carbons (Fsp3) is 0.0455. The zero-order valence-electron chi connectivity index (χ0n) is 15.2. The van der Waals surface area contributed by atoms with E-state index in [0.717, 1.165) is 35.2 Å². The van der Waals surface area contributed by atoms with Gasteiger partial charge in [-0.3, -0.25) is 19.5 Å². The van der Waals surface area contributed by atoms with Crippen LogP contribution in [0.3, 0.4) is 0 Å². The molecule has 1 saturated heterocycles. The van der Waals surface area contributed by atoms with E-state index >= 15 is 0 Å². The maximum Gasteiger partial charge on any atom is 0.300 e. The van der Waals surface area contributed by atoms with Crippen molar-refractivity contribution < 1.29 is 27.9 Å². The van der Waals surface area contributed by atoms with Crippen LogP contribution in [0.15, 0.2) is 72.6 Å². The van der Waals surface area contributed by atoms with Crippen molar-refractivity contribution in [2.75, 3.05) is 4.90 Å². The van der Waals surface area contributed by atoms with E-state index in [4.69, 9.17) is 0 Å². The third-order valence-corrected chi connectivity index (χ3v) is 4.75. The number of rotatable bonds is 3. The van der Waals surface area contributed by atoms with E-state index in [0.29, 0.717) is 5.56 Å². The lowest BCUT2D eigenvalue weighted by atomic mass is 9.95. The van der Waals surface area contributed by atoms with Crippen molar-refractivity contribution in [1.29, 1.82) is 0 Å². The topological polar surface area (TPSA) is 70.5 Å². The van der Waals surface area contributed by atoms with E-state index in [1.807, 2.05) is 0 Å². The van der Waals surface area contributed by atoms with Gasteiger partial charge in [0, 0.05) is 24.0 Å². The predicted molar refractivity (Wildman–Crippen MR) is 102 cm³/mol. The molecule has 30 heavy (non-hydrogen) atoms. The zero-order chi connectivity index (χ0) is 21.4. The van der Waals surface area contributed by atoms with Gasteiger partial charge in [-0.05, 0) is 54.1 Å². The van der Waals surface area contributed by atoms with E-state index in [1.165, 1.54) is 36.7 Å². The number of amides is 1. The number of hydrogen-bond donors (Lipinski definition) is 1. The SMILES string of the molecule is O=C1C(=O)N(c2cc(F)ccc2F)C(c2ccncc2)/C1=C(\O)c1ccc(F)cc1. The summed E-state index contributed by atoms with van der Waals surface area (Å²) < 4.78 is 41.6. The zero-order valence-corrected chi connectivity index (χ0v) is 15.2. The van der Waals surface area contributed by atoms with Crippen molar-refractivity contribution in [3.05, 3.63) is 101 Å². The van der Waals surface area contributed by atoms with E-state index in [9.17, 15) is 27.9 Å². The van der Waals surface area contributed by atoms with E-state index in [1.54, 1.807) is 0 Å². The molecule has 1 N–H and O–H groups in total. The number of anilines is 1. The summed E-state index contributed by atoms with van der Waals surface area (Å²) in [5, 5.41) is 10.8. The summed E-state index contributed by atoms with van der Waals surface area (Å²) in [6, 6.07) is 8.90. The average Bonchev–Trinajstić information content (AvgIpc) is 3.01. The lowest BCUT2D eigenvalue weighted by molar-refractivity contribution is -0.132. The first kappa shape index (κ1) is 19.4. The smallest absolute Gasteiger partial charge is 0.300 e. The summed E-state index contributed by atoms with van der Waals surface area (Å²) >= 11 is 0. The summed E-state index contributed by atoms with van der Waals surface area (Å²) in [6.07, 6.45) is 2.80. The highest BCUT2D eigenvalue weighted by Crippen LogP contribution is 2.42. The molecule has 0 radical (unpaired) electrons. The van der Waals surface area contributed by atoms with Crippen LogP contribution in [0.4, 0.5) is 18.9 Å². The second-order valence-electron chi connectivity index (χ2n) is 6.55. The second kappa shape index (κ2) is 7.47. The second-order valence-corrected chi connectivity index (χ2v) is 6.55. The van der Waals surface area contributed by atoms with Crippen molar-refractivity contribution in [2.24, 2.45) is 0 Å². The molecule has 4 rings (SSSR count). The fourth-order valence-corrected chi connectivity index (χ4v) is 3.38. The van der Waals surface area contributed by atoms with Gasteiger partial charge in [-0.2, -0.15) is 0 Å². The van der Waals surface area contributed by atoms with Gasteiger partial charge in [0.1, 0.15) is 23.2 Å². The summed E-state index contributed by atoms with van der Waals surface area (Å²) in [4.78, 5) is 30.3. The van der Waals surface area contributed by atoms with Gasteiger partial charge < -0.3 is 5.11 Å². The minimum atomic E-state index is -1.24. The Morgan fingerprint density at radius 1 is 0.900 bits per heavy atom. The molecule has 1 atom stereocenters. The molecule has 2 heterocycles. The number of halogens is 3. The van der Waals surface area contributed by atoms with Crippen LogP contribution < -0.4 is 4.90 Å². The standard InChI is InChI=1S/C22H13F3N2O3/c23-14-3-1-13(2-4-14)20(28)18-19(12-7-9-26-10-8-12)27(22(30)21(18)29)17-11-15(24)5-6-16(17)25/h1-11,19,28H/b20-18+. The molecule has 1 aliphatic rings. The van der Waals surface area contributed by atoms with Crippen LogP contribution in [0.25, 0.3) is 5.76 Å². The van der Waals surface area contributed by atoms with Crippen molar-refractivity contribution >= 4 is 23.1 Å². The molecule has 1 unspecified atom stereocenters. The van der Waals surface area contributed by atoms with Gasteiger partial charge >= 0.3 is 0 Å². The van der Waals surface area contributed by atoms with Gasteiger partial charge in [-0.1, -0.05) is 0 Å². The van der Waals surface area contributed by atoms with Crippen LogP contribution in [-0.2, 0) is 9.59 Å². The molecule has 1 aliphatic heterocycles. The average molecular weight is 410 g/mol. The van der Waals surface area contributed by atoms with E-state index in [-0.39, 0.29) is 11.1 Å². The molecular weight excluding hydrogens is 397 g/mol. The van der Waals surface area contributed by atoms with Crippen LogP contribution in [0.5, 0.6) is 0 Å². The molecule has 0 aliphatic carbocycles. The number of ketones is 1. The third kappa shape index (κ3) is 3.22. The van der Waals surface area contributed by atoms with E-state index in [2.05, 4.69) is 4.98 Å². The Morgan fingerprint density at radius 3 is 2.20 bits per heavy atom.